The van der Waals surface area contributed by atoms with Gasteiger partial charge < -0.3 is 14.0 Å². The highest BCUT2D eigenvalue weighted by molar-refractivity contribution is 6.10. The van der Waals surface area contributed by atoms with E-state index >= 15 is 0 Å². The lowest BCUT2D eigenvalue weighted by Crippen LogP contribution is -2.26. The molecule has 0 N–H and O–H groups in total. The van der Waals surface area contributed by atoms with Crippen molar-refractivity contribution < 1.29 is 0 Å². The molecule has 0 saturated heterocycles. The maximum Gasteiger partial charge on any atom is 0.0726 e. The zero-order chi connectivity index (χ0) is 41.9. The normalized spacial score (nSPS) is 13.1. The molecule has 0 radical (unpaired) electrons. The van der Waals surface area contributed by atoms with Crippen molar-refractivity contribution >= 4 is 60.7 Å². The van der Waals surface area contributed by atoms with Gasteiger partial charge in [-0.1, -0.05) is 152 Å². The molecule has 64 heavy (non-hydrogen) atoms. The third-order valence-corrected chi connectivity index (χ3v) is 14.1. The maximum absolute atomic E-state index is 2.48. The summed E-state index contributed by atoms with van der Waals surface area (Å²) in [5.74, 6) is 0. The Morgan fingerprint density at radius 2 is 0.578 bits per heavy atom. The Bertz CT molecular complexity index is 3520. The molecule has 2 heterocycles. The fourth-order valence-corrected chi connectivity index (χ4v) is 11.6. The monoisotopic (exact) mass is 813 g/mol. The summed E-state index contributed by atoms with van der Waals surface area (Å²) in [7, 11) is 0. The van der Waals surface area contributed by atoms with Gasteiger partial charge in [0.1, 0.15) is 0 Å². The molecule has 0 aliphatic heterocycles. The molecule has 2 aliphatic carbocycles. The van der Waals surface area contributed by atoms with Gasteiger partial charge in [-0.2, -0.15) is 0 Å². The zero-order valence-corrected chi connectivity index (χ0v) is 34.9. The summed E-state index contributed by atoms with van der Waals surface area (Å²) in [6, 6.07) is 87.5. The van der Waals surface area contributed by atoms with Crippen LogP contribution in [0.15, 0.2) is 237 Å². The Kier molecular flexibility index (Phi) is 7.32. The Hall–Kier alpha value is -8.40. The summed E-state index contributed by atoms with van der Waals surface area (Å²) in [5, 5.41) is 5.04. The van der Waals surface area contributed by atoms with Crippen LogP contribution in [0.5, 0.6) is 0 Å². The van der Waals surface area contributed by atoms with Crippen LogP contribution in [0.4, 0.5) is 17.1 Å². The minimum Gasteiger partial charge on any atom is -0.310 e. The largest absolute Gasteiger partial charge is 0.310 e. The topological polar surface area (TPSA) is 13.1 Å². The van der Waals surface area contributed by atoms with E-state index in [4.69, 9.17) is 0 Å². The second-order valence-corrected chi connectivity index (χ2v) is 17.2. The molecule has 298 valence electrons. The number of anilines is 3. The van der Waals surface area contributed by atoms with Crippen LogP contribution in [0.1, 0.15) is 22.3 Å². The fourth-order valence-electron chi connectivity index (χ4n) is 11.6. The number of fused-ring (bicyclic) bond motifs is 16. The van der Waals surface area contributed by atoms with E-state index in [1.807, 2.05) is 0 Å². The van der Waals surface area contributed by atoms with E-state index in [0.717, 1.165) is 28.4 Å². The van der Waals surface area contributed by atoms with Crippen LogP contribution in [0.25, 0.3) is 77.2 Å². The number of para-hydroxylation sites is 4. The van der Waals surface area contributed by atoms with E-state index in [0.29, 0.717) is 0 Å². The van der Waals surface area contributed by atoms with Crippen molar-refractivity contribution in [3.63, 3.8) is 0 Å². The molecular weight excluding hydrogens is 775 g/mol. The van der Waals surface area contributed by atoms with Gasteiger partial charge in [0.2, 0.25) is 0 Å². The maximum atomic E-state index is 2.48. The van der Waals surface area contributed by atoms with Gasteiger partial charge >= 0.3 is 0 Å². The Morgan fingerprint density at radius 3 is 0.969 bits per heavy atom. The minimum atomic E-state index is -0.443. The number of rotatable bonds is 5. The van der Waals surface area contributed by atoms with Gasteiger partial charge in [0.05, 0.1) is 27.5 Å². The van der Waals surface area contributed by atoms with Crippen molar-refractivity contribution in [2.75, 3.05) is 4.90 Å². The molecule has 3 heteroatoms. The molecular formula is C61H39N3. The highest BCUT2D eigenvalue weighted by atomic mass is 15.1. The standard InChI is InChI=1S/C61H39N3/c1-8-22-53-45(15-1)46-16-2-9-23-54(46)61(53)55-24-10-3-17-47(55)48-38-37-44(39-56(48)61)62(40-29-33-42(34-30-40)63-57-25-11-4-18-49(57)50-19-5-12-26-58(50)63)41-31-35-43(36-32-41)64-59-27-13-6-20-51(59)52-21-7-14-28-60(52)64/h1-39H. The van der Waals surface area contributed by atoms with Gasteiger partial charge in [0.25, 0.3) is 0 Å². The Morgan fingerprint density at radius 1 is 0.266 bits per heavy atom. The molecule has 10 aromatic carbocycles. The average Bonchev–Trinajstić information content (AvgIpc) is 4.07. The first kappa shape index (κ1) is 35.2. The SMILES string of the molecule is c1ccc2c(c1)-c1ccccc1C21c2ccccc2-c2ccc(N(c3ccc(-n4c5ccccc5c5ccccc54)cc3)c3ccc(-n4c5ccccc5c5ccccc54)cc3)cc21. The summed E-state index contributed by atoms with van der Waals surface area (Å²) in [5.41, 5.74) is 20.5. The van der Waals surface area contributed by atoms with Crippen molar-refractivity contribution in [1.82, 2.24) is 9.13 Å². The molecule has 0 atom stereocenters. The summed E-state index contributed by atoms with van der Waals surface area (Å²) < 4.78 is 4.79. The lowest BCUT2D eigenvalue weighted by molar-refractivity contribution is 0.793. The van der Waals surface area contributed by atoms with Gasteiger partial charge in [-0.3, -0.25) is 0 Å². The van der Waals surface area contributed by atoms with E-state index < -0.39 is 5.41 Å². The highest BCUT2D eigenvalue weighted by Gasteiger charge is 2.51. The van der Waals surface area contributed by atoms with Gasteiger partial charge in [0, 0.05) is 50.0 Å². The van der Waals surface area contributed by atoms with Crippen LogP contribution >= 0.6 is 0 Å². The smallest absolute Gasteiger partial charge is 0.0726 e. The lowest BCUT2D eigenvalue weighted by atomic mass is 9.70. The number of hydrogen-bond acceptors (Lipinski definition) is 1. The third-order valence-electron chi connectivity index (χ3n) is 14.1. The predicted molar refractivity (Wildman–Crippen MR) is 266 cm³/mol. The van der Waals surface area contributed by atoms with E-state index in [9.17, 15) is 0 Å². The minimum absolute atomic E-state index is 0.443. The summed E-state index contributed by atoms with van der Waals surface area (Å²) in [6.45, 7) is 0. The lowest BCUT2D eigenvalue weighted by Gasteiger charge is -2.32. The first-order valence-electron chi connectivity index (χ1n) is 22.2. The molecule has 2 aromatic heterocycles. The molecule has 2 aliphatic rings. The highest BCUT2D eigenvalue weighted by Crippen LogP contribution is 2.63. The Balaban J connectivity index is 0.977. The van der Waals surface area contributed by atoms with Crippen LogP contribution in [0.3, 0.4) is 0 Å². The summed E-state index contributed by atoms with van der Waals surface area (Å²) in [6.07, 6.45) is 0. The van der Waals surface area contributed by atoms with Crippen LogP contribution in [-0.4, -0.2) is 9.13 Å². The number of hydrogen-bond donors (Lipinski definition) is 0. The zero-order valence-electron chi connectivity index (χ0n) is 34.9. The first-order chi connectivity index (χ1) is 31.8. The second kappa shape index (κ2) is 13.3. The van der Waals surface area contributed by atoms with Crippen LogP contribution in [0, 0.1) is 0 Å². The van der Waals surface area contributed by atoms with E-state index in [1.165, 1.54) is 88.1 Å². The van der Waals surface area contributed by atoms with Gasteiger partial charge in [0.15, 0.2) is 0 Å². The molecule has 1 spiro atoms. The molecule has 0 unspecified atom stereocenters. The van der Waals surface area contributed by atoms with E-state index in [-0.39, 0.29) is 0 Å². The van der Waals surface area contributed by atoms with Crippen molar-refractivity contribution in [1.29, 1.82) is 0 Å². The third kappa shape index (κ3) is 4.70. The number of nitrogens with zero attached hydrogens (tertiary/aromatic N) is 3. The molecule has 0 bridgehead atoms. The fraction of sp³-hybridized carbons (Fsp3) is 0.0164. The summed E-state index contributed by atoms with van der Waals surface area (Å²) in [4.78, 5) is 2.44. The van der Waals surface area contributed by atoms with Gasteiger partial charge in [-0.25, -0.2) is 0 Å². The average molecular weight is 814 g/mol. The number of aromatic nitrogens is 2. The van der Waals surface area contributed by atoms with Gasteiger partial charge in [-0.15, -0.1) is 0 Å². The number of benzene rings is 10. The Labute approximate surface area is 371 Å². The molecule has 0 saturated carbocycles. The molecule has 3 nitrogen and oxygen atoms in total. The van der Waals surface area contributed by atoms with Crippen LogP contribution < -0.4 is 4.90 Å². The molecule has 0 amide bonds. The van der Waals surface area contributed by atoms with E-state index in [2.05, 4.69) is 251 Å². The van der Waals surface area contributed by atoms with E-state index in [1.54, 1.807) is 0 Å². The van der Waals surface area contributed by atoms with Gasteiger partial charge in [-0.05, 0) is 129 Å². The first-order valence-corrected chi connectivity index (χ1v) is 22.2. The second-order valence-electron chi connectivity index (χ2n) is 17.2. The predicted octanol–water partition coefficient (Wildman–Crippen LogP) is 15.7. The van der Waals surface area contributed by atoms with Crippen molar-refractivity contribution in [3.8, 4) is 33.6 Å². The summed E-state index contributed by atoms with van der Waals surface area (Å²) >= 11 is 0. The molecule has 14 rings (SSSR count). The van der Waals surface area contributed by atoms with Crippen LogP contribution in [0.2, 0.25) is 0 Å². The van der Waals surface area contributed by atoms with Crippen molar-refractivity contribution in [2.45, 2.75) is 5.41 Å². The quantitative estimate of drug-likeness (QED) is 0.169. The molecule has 12 aromatic rings. The van der Waals surface area contributed by atoms with Crippen molar-refractivity contribution in [3.05, 3.63) is 259 Å². The van der Waals surface area contributed by atoms with Crippen LogP contribution in [-0.2, 0) is 5.41 Å². The van der Waals surface area contributed by atoms with Crippen molar-refractivity contribution in [2.24, 2.45) is 0 Å². The molecule has 0 fully saturated rings.